The normalized spacial score (nSPS) is 29.7. The quantitative estimate of drug-likeness (QED) is 0.648. The van der Waals surface area contributed by atoms with E-state index in [2.05, 4.69) is 55.4 Å². The van der Waals surface area contributed by atoms with E-state index in [4.69, 9.17) is 23.7 Å². The van der Waals surface area contributed by atoms with Crippen molar-refractivity contribution in [2.24, 2.45) is 0 Å². The molecule has 0 radical (unpaired) electrons. The van der Waals surface area contributed by atoms with Gasteiger partial charge in [0, 0.05) is 0 Å². The fraction of sp³-hybridized carbons (Fsp3) is 0.947. The van der Waals surface area contributed by atoms with Gasteiger partial charge in [-0.1, -0.05) is 0 Å². The monoisotopic (exact) mass is 346 g/mol. The van der Waals surface area contributed by atoms with E-state index in [-0.39, 0.29) is 22.4 Å². The molecule has 0 saturated carbocycles. The summed E-state index contributed by atoms with van der Waals surface area (Å²) in [5.41, 5.74) is -0.792. The van der Waals surface area contributed by atoms with Crippen LogP contribution in [-0.4, -0.2) is 40.8 Å². The van der Waals surface area contributed by atoms with Crippen molar-refractivity contribution in [2.45, 2.75) is 117 Å². The van der Waals surface area contributed by atoms with Gasteiger partial charge in [-0.05, 0) is 83.1 Å². The average Bonchev–Trinajstić information content (AvgIpc) is 2.49. The standard InChI is InChI=1S/2C9H18O2.CH2O/c2*1-7(2)8(3,4)11-9(5,6)10-7;1-2/h2*1-6H3;1H2. The molecule has 2 aliphatic rings. The molecule has 0 N–H and O–H groups in total. The van der Waals surface area contributed by atoms with Crippen LogP contribution in [0.1, 0.15) is 83.1 Å². The third-order valence-corrected chi connectivity index (χ3v) is 4.90. The lowest BCUT2D eigenvalue weighted by molar-refractivity contribution is -0.164. The highest BCUT2D eigenvalue weighted by Crippen LogP contribution is 2.43. The van der Waals surface area contributed by atoms with E-state index < -0.39 is 11.6 Å². The van der Waals surface area contributed by atoms with Gasteiger partial charge in [-0.15, -0.1) is 0 Å². The van der Waals surface area contributed by atoms with E-state index in [1.807, 2.05) is 34.5 Å². The van der Waals surface area contributed by atoms with Gasteiger partial charge in [0.1, 0.15) is 6.79 Å². The van der Waals surface area contributed by atoms with E-state index in [1.165, 1.54) is 0 Å². The Kier molecular flexibility index (Phi) is 6.54. The van der Waals surface area contributed by atoms with Crippen LogP contribution in [0.15, 0.2) is 0 Å². The zero-order valence-electron chi connectivity index (χ0n) is 17.7. The van der Waals surface area contributed by atoms with Crippen LogP contribution in [0.5, 0.6) is 0 Å². The Morgan fingerprint density at radius 2 is 0.542 bits per heavy atom. The highest BCUT2D eigenvalue weighted by molar-refractivity contribution is 5.11. The van der Waals surface area contributed by atoms with E-state index in [9.17, 15) is 0 Å². The zero-order valence-corrected chi connectivity index (χ0v) is 17.7. The average molecular weight is 347 g/mol. The predicted octanol–water partition coefficient (Wildman–Crippen LogP) is 4.47. The maximum atomic E-state index is 8.00. The van der Waals surface area contributed by atoms with Crippen LogP contribution in [0, 0.1) is 0 Å². The van der Waals surface area contributed by atoms with Gasteiger partial charge in [0.2, 0.25) is 0 Å². The molecule has 2 aliphatic heterocycles. The van der Waals surface area contributed by atoms with Crippen molar-refractivity contribution in [3.05, 3.63) is 0 Å². The predicted molar refractivity (Wildman–Crippen MR) is 95.9 cm³/mol. The van der Waals surface area contributed by atoms with E-state index in [0.29, 0.717) is 0 Å². The van der Waals surface area contributed by atoms with Gasteiger partial charge in [-0.25, -0.2) is 0 Å². The second kappa shape index (κ2) is 6.67. The third-order valence-electron chi connectivity index (χ3n) is 4.90. The molecule has 2 rings (SSSR count). The number of ether oxygens (including phenoxy) is 4. The van der Waals surface area contributed by atoms with Crippen LogP contribution in [0.2, 0.25) is 0 Å². The van der Waals surface area contributed by atoms with E-state index in [0.717, 1.165) is 0 Å². The van der Waals surface area contributed by atoms with E-state index >= 15 is 0 Å². The summed E-state index contributed by atoms with van der Waals surface area (Å²) >= 11 is 0. The summed E-state index contributed by atoms with van der Waals surface area (Å²) in [5, 5.41) is 0. The molecular formula is C19H38O5. The summed E-state index contributed by atoms with van der Waals surface area (Å²) in [7, 11) is 0. The lowest BCUT2D eigenvalue weighted by atomic mass is 9.90. The van der Waals surface area contributed by atoms with Gasteiger partial charge in [-0.3, -0.25) is 0 Å². The molecule has 0 aromatic carbocycles. The van der Waals surface area contributed by atoms with Crippen LogP contribution in [0.25, 0.3) is 0 Å². The molecule has 0 spiro atoms. The van der Waals surface area contributed by atoms with Crippen molar-refractivity contribution in [2.75, 3.05) is 0 Å². The van der Waals surface area contributed by atoms with Crippen LogP contribution >= 0.6 is 0 Å². The third kappa shape index (κ3) is 5.25. The molecule has 0 bridgehead atoms. The smallest absolute Gasteiger partial charge is 0.164 e. The number of carbonyl (C=O) groups is 1. The minimum atomic E-state index is -0.438. The number of hydrogen-bond donors (Lipinski definition) is 0. The van der Waals surface area contributed by atoms with Crippen LogP contribution in [-0.2, 0) is 23.7 Å². The van der Waals surface area contributed by atoms with Gasteiger partial charge in [0.25, 0.3) is 0 Å². The minimum absolute atomic E-state index is 0.198. The summed E-state index contributed by atoms with van der Waals surface area (Å²) < 4.78 is 22.9. The van der Waals surface area contributed by atoms with Crippen LogP contribution < -0.4 is 0 Å². The topological polar surface area (TPSA) is 54.0 Å². The Hall–Kier alpha value is -0.490. The number of rotatable bonds is 0. The maximum absolute atomic E-state index is 8.00. The number of hydrogen-bond acceptors (Lipinski definition) is 5. The summed E-state index contributed by atoms with van der Waals surface area (Å²) in [6, 6.07) is 0. The first-order valence-corrected chi connectivity index (χ1v) is 8.42. The summed E-state index contributed by atoms with van der Waals surface area (Å²) in [6.45, 7) is 26.3. The van der Waals surface area contributed by atoms with Crippen molar-refractivity contribution < 1.29 is 23.7 Å². The molecule has 5 nitrogen and oxygen atoms in total. The summed E-state index contributed by atoms with van der Waals surface area (Å²) in [4.78, 5) is 8.00. The first-order chi connectivity index (χ1) is 10.3. The molecule has 0 aliphatic carbocycles. The van der Waals surface area contributed by atoms with Crippen LogP contribution in [0.4, 0.5) is 0 Å². The highest BCUT2D eigenvalue weighted by Gasteiger charge is 2.53. The summed E-state index contributed by atoms with van der Waals surface area (Å²) in [5.74, 6) is -0.875. The van der Waals surface area contributed by atoms with Gasteiger partial charge in [-0.2, -0.15) is 0 Å². The van der Waals surface area contributed by atoms with Crippen LogP contribution in [0.3, 0.4) is 0 Å². The molecule has 24 heavy (non-hydrogen) atoms. The molecule has 0 unspecified atom stereocenters. The highest BCUT2D eigenvalue weighted by atomic mass is 16.8. The second-order valence-corrected chi connectivity index (χ2v) is 9.25. The largest absolute Gasteiger partial charge is 0.342 e. The van der Waals surface area contributed by atoms with Gasteiger partial charge < -0.3 is 23.7 Å². The van der Waals surface area contributed by atoms with Crippen molar-refractivity contribution >= 4 is 6.79 Å². The molecule has 0 amide bonds. The Balaban J connectivity index is 0.000000400. The molecular weight excluding hydrogens is 308 g/mol. The molecule has 2 fully saturated rings. The van der Waals surface area contributed by atoms with Gasteiger partial charge in [0.15, 0.2) is 11.6 Å². The fourth-order valence-electron chi connectivity index (χ4n) is 2.99. The Labute approximate surface area is 148 Å². The number of carbonyl (C=O) groups excluding carboxylic acids is 1. The van der Waals surface area contributed by atoms with Gasteiger partial charge in [0.05, 0.1) is 22.4 Å². The molecule has 2 saturated heterocycles. The molecule has 5 heteroatoms. The fourth-order valence-corrected chi connectivity index (χ4v) is 2.99. The first-order valence-electron chi connectivity index (χ1n) is 8.42. The minimum Gasteiger partial charge on any atom is -0.342 e. The van der Waals surface area contributed by atoms with Crippen molar-refractivity contribution in [1.82, 2.24) is 0 Å². The molecule has 2 heterocycles. The van der Waals surface area contributed by atoms with Crippen molar-refractivity contribution in [1.29, 1.82) is 0 Å². The van der Waals surface area contributed by atoms with Gasteiger partial charge >= 0.3 is 0 Å². The zero-order chi connectivity index (χ0) is 19.8. The van der Waals surface area contributed by atoms with Crippen molar-refractivity contribution in [3.63, 3.8) is 0 Å². The lowest BCUT2D eigenvalue weighted by Gasteiger charge is -2.30. The van der Waals surface area contributed by atoms with Crippen molar-refractivity contribution in [3.8, 4) is 0 Å². The SMILES string of the molecule is C=O.CC1(C)OC(C)(C)C(C)(C)O1.CC1(C)OC(C)(C)C(C)(C)O1. The molecule has 0 aromatic rings. The first kappa shape index (κ1) is 23.5. The molecule has 144 valence electrons. The second-order valence-electron chi connectivity index (χ2n) is 9.25. The maximum Gasteiger partial charge on any atom is 0.164 e. The molecule has 0 aromatic heterocycles. The summed E-state index contributed by atoms with van der Waals surface area (Å²) in [6.07, 6.45) is 0. The Morgan fingerprint density at radius 1 is 0.417 bits per heavy atom. The Morgan fingerprint density at radius 3 is 0.583 bits per heavy atom. The van der Waals surface area contributed by atoms with E-state index in [1.54, 1.807) is 0 Å². The Bertz CT molecular complexity index is 357. The lowest BCUT2D eigenvalue weighted by Crippen LogP contribution is -2.41. The molecule has 0 atom stereocenters.